The summed E-state index contributed by atoms with van der Waals surface area (Å²) in [5.74, 6) is 0.0657. The number of fused-ring (bicyclic) bond motifs is 1. The molecule has 3 rings (SSSR count). The number of nitrogens with zero attached hydrogens (tertiary/aromatic N) is 2. The first-order chi connectivity index (χ1) is 12.0. The van der Waals surface area contributed by atoms with Crippen LogP contribution >= 0.6 is 0 Å². The van der Waals surface area contributed by atoms with Crippen molar-refractivity contribution in [3.05, 3.63) is 78.1 Å². The van der Waals surface area contributed by atoms with E-state index < -0.39 is 0 Å². The molecular formula is C21H21N2O2+. The first-order valence-corrected chi connectivity index (χ1v) is 8.22. The third kappa shape index (κ3) is 3.98. The average Bonchev–Trinajstić information content (AvgIpc) is 2.61. The van der Waals surface area contributed by atoms with E-state index in [4.69, 9.17) is 0 Å². The summed E-state index contributed by atoms with van der Waals surface area (Å²) in [5, 5.41) is 2.00. The summed E-state index contributed by atoms with van der Waals surface area (Å²) < 4.78 is 1.77. The van der Waals surface area contributed by atoms with Crippen LogP contribution in [0.1, 0.15) is 20.7 Å². The monoisotopic (exact) mass is 333 g/mol. The van der Waals surface area contributed by atoms with Crippen molar-refractivity contribution in [2.75, 3.05) is 20.6 Å². The lowest BCUT2D eigenvalue weighted by Crippen LogP contribution is -2.38. The number of likely N-dealkylation sites (N-methyl/N-ethyl adjacent to an activating group) is 1. The van der Waals surface area contributed by atoms with Crippen molar-refractivity contribution in [3.8, 4) is 0 Å². The molecule has 0 saturated carbocycles. The van der Waals surface area contributed by atoms with Crippen LogP contribution in [0.3, 0.4) is 0 Å². The summed E-state index contributed by atoms with van der Waals surface area (Å²) >= 11 is 0. The number of hydrogen-bond acceptors (Lipinski definition) is 3. The predicted octanol–water partition coefficient (Wildman–Crippen LogP) is 2.75. The van der Waals surface area contributed by atoms with Crippen LogP contribution in [0, 0.1) is 0 Å². The van der Waals surface area contributed by atoms with Crippen LogP contribution in [0.5, 0.6) is 0 Å². The fraction of sp³-hybridized carbons (Fsp3) is 0.190. The predicted molar refractivity (Wildman–Crippen MR) is 97.8 cm³/mol. The molecule has 0 bridgehead atoms. The summed E-state index contributed by atoms with van der Waals surface area (Å²) in [5.41, 5.74) is 1.32. The summed E-state index contributed by atoms with van der Waals surface area (Å²) in [6, 6.07) is 17.2. The van der Waals surface area contributed by atoms with Crippen molar-refractivity contribution < 1.29 is 14.2 Å². The molecule has 126 valence electrons. The van der Waals surface area contributed by atoms with Gasteiger partial charge in [0.25, 0.3) is 0 Å². The molecule has 0 unspecified atom stereocenters. The van der Waals surface area contributed by atoms with Crippen LogP contribution < -0.4 is 4.57 Å². The number of Topliss-reactive ketones (excluding diaryl/α,β-unsaturated/α-hetero) is 2. The molecule has 0 N–H and O–H groups in total. The molecule has 1 aromatic heterocycles. The zero-order valence-electron chi connectivity index (χ0n) is 14.5. The highest BCUT2D eigenvalue weighted by molar-refractivity contribution is 6.07. The smallest absolute Gasteiger partial charge is 0.228 e. The quantitative estimate of drug-likeness (QED) is 0.514. The number of carbonyl (C=O) groups excluding carboxylic acids is 2. The van der Waals surface area contributed by atoms with Gasteiger partial charge in [-0.3, -0.25) is 9.59 Å². The molecule has 4 heteroatoms. The second kappa shape index (κ2) is 7.36. The third-order valence-corrected chi connectivity index (χ3v) is 4.06. The number of benzene rings is 2. The van der Waals surface area contributed by atoms with Crippen LogP contribution in [-0.4, -0.2) is 37.1 Å². The van der Waals surface area contributed by atoms with Crippen molar-refractivity contribution in [2.45, 2.75) is 6.54 Å². The fourth-order valence-corrected chi connectivity index (χ4v) is 2.88. The van der Waals surface area contributed by atoms with Crippen LogP contribution in [0.4, 0.5) is 0 Å². The Kier molecular flexibility index (Phi) is 5.00. The lowest BCUT2D eigenvalue weighted by atomic mass is 10.0. The van der Waals surface area contributed by atoms with E-state index in [2.05, 4.69) is 0 Å². The van der Waals surface area contributed by atoms with Gasteiger partial charge in [-0.1, -0.05) is 42.5 Å². The van der Waals surface area contributed by atoms with Gasteiger partial charge in [-0.05, 0) is 30.9 Å². The van der Waals surface area contributed by atoms with Gasteiger partial charge in [0.15, 0.2) is 18.2 Å². The summed E-state index contributed by atoms with van der Waals surface area (Å²) in [6.07, 6.45) is 3.56. The topological polar surface area (TPSA) is 41.3 Å². The molecular weight excluding hydrogens is 312 g/mol. The Bertz CT molecular complexity index is 927. The molecule has 0 aliphatic rings. The maximum absolute atomic E-state index is 12.8. The lowest BCUT2D eigenvalue weighted by Gasteiger charge is -2.07. The molecule has 0 spiro atoms. The number of rotatable bonds is 6. The second-order valence-corrected chi connectivity index (χ2v) is 6.38. The largest absolute Gasteiger partial charge is 0.302 e. The normalized spacial score (nSPS) is 11.0. The number of aromatic nitrogens is 1. The molecule has 1 heterocycles. The maximum Gasteiger partial charge on any atom is 0.228 e. The van der Waals surface area contributed by atoms with E-state index in [1.165, 1.54) is 0 Å². The van der Waals surface area contributed by atoms with Crippen LogP contribution in [0.2, 0.25) is 0 Å². The number of carbonyl (C=O) groups is 2. The maximum atomic E-state index is 12.8. The Balaban J connectivity index is 1.84. The van der Waals surface area contributed by atoms with Gasteiger partial charge in [-0.2, -0.15) is 4.57 Å². The van der Waals surface area contributed by atoms with E-state index >= 15 is 0 Å². The first-order valence-electron chi connectivity index (χ1n) is 8.22. The van der Waals surface area contributed by atoms with Gasteiger partial charge in [-0.25, -0.2) is 0 Å². The Morgan fingerprint density at radius 2 is 1.68 bits per heavy atom. The highest BCUT2D eigenvalue weighted by Gasteiger charge is 2.17. The standard InChI is InChI=1S/C21H21N2O2/c1-22(2)14-20(24)17-9-6-12-23(13-17)15-21(25)19-11-5-8-16-7-3-4-10-18(16)19/h3-13H,14-15H2,1-2H3/q+1. The minimum Gasteiger partial charge on any atom is -0.302 e. The SMILES string of the molecule is CN(C)CC(=O)c1ccc[n+](CC(=O)c2cccc3ccccc23)c1. The van der Waals surface area contributed by atoms with Crippen molar-refractivity contribution in [1.29, 1.82) is 0 Å². The fourth-order valence-electron chi connectivity index (χ4n) is 2.88. The van der Waals surface area contributed by atoms with Crippen molar-refractivity contribution in [3.63, 3.8) is 0 Å². The van der Waals surface area contributed by atoms with E-state index in [9.17, 15) is 9.59 Å². The number of ketones is 2. The first kappa shape index (κ1) is 17.0. The van der Waals surface area contributed by atoms with Gasteiger partial charge in [0.2, 0.25) is 12.3 Å². The number of hydrogen-bond donors (Lipinski definition) is 0. The molecule has 3 aromatic rings. The zero-order chi connectivity index (χ0) is 17.8. The van der Waals surface area contributed by atoms with E-state index in [1.807, 2.05) is 67.7 Å². The minimum atomic E-state index is 0.0269. The Labute approximate surface area is 147 Å². The van der Waals surface area contributed by atoms with E-state index in [1.54, 1.807) is 22.9 Å². The van der Waals surface area contributed by atoms with Gasteiger partial charge in [0.1, 0.15) is 0 Å². The van der Waals surface area contributed by atoms with Gasteiger partial charge in [-0.15, -0.1) is 0 Å². The average molecular weight is 333 g/mol. The van der Waals surface area contributed by atoms with Gasteiger partial charge in [0.05, 0.1) is 12.1 Å². The van der Waals surface area contributed by atoms with Gasteiger partial charge >= 0.3 is 0 Å². The van der Waals surface area contributed by atoms with Crippen molar-refractivity contribution in [1.82, 2.24) is 4.90 Å². The molecule has 0 fully saturated rings. The second-order valence-electron chi connectivity index (χ2n) is 6.38. The molecule has 4 nitrogen and oxygen atoms in total. The van der Waals surface area contributed by atoms with E-state index in [0.717, 1.165) is 10.8 Å². The van der Waals surface area contributed by atoms with Crippen molar-refractivity contribution >= 4 is 22.3 Å². The minimum absolute atomic E-state index is 0.0269. The number of pyridine rings is 1. The summed E-state index contributed by atoms with van der Waals surface area (Å²) in [7, 11) is 3.72. The Hall–Kier alpha value is -2.85. The van der Waals surface area contributed by atoms with Crippen LogP contribution in [0.25, 0.3) is 10.8 Å². The molecule has 0 radical (unpaired) electrons. The lowest BCUT2D eigenvalue weighted by molar-refractivity contribution is -0.683. The highest BCUT2D eigenvalue weighted by Crippen LogP contribution is 2.18. The summed E-state index contributed by atoms with van der Waals surface area (Å²) in [4.78, 5) is 26.8. The van der Waals surface area contributed by atoms with Crippen molar-refractivity contribution in [2.24, 2.45) is 0 Å². The highest BCUT2D eigenvalue weighted by atomic mass is 16.1. The van der Waals surface area contributed by atoms with Crippen LogP contribution in [-0.2, 0) is 6.54 Å². The molecule has 25 heavy (non-hydrogen) atoms. The van der Waals surface area contributed by atoms with Gasteiger partial charge in [0, 0.05) is 11.6 Å². The molecule has 0 saturated heterocycles. The molecule has 0 atom stereocenters. The Morgan fingerprint density at radius 1 is 0.920 bits per heavy atom. The van der Waals surface area contributed by atoms with Gasteiger partial charge < -0.3 is 4.90 Å². The third-order valence-electron chi connectivity index (χ3n) is 4.06. The molecule has 0 amide bonds. The Morgan fingerprint density at radius 3 is 2.48 bits per heavy atom. The van der Waals surface area contributed by atoms with E-state index in [0.29, 0.717) is 17.7 Å². The molecule has 0 aliphatic heterocycles. The van der Waals surface area contributed by atoms with Crippen LogP contribution in [0.15, 0.2) is 67.0 Å². The zero-order valence-corrected chi connectivity index (χ0v) is 14.5. The summed E-state index contributed by atoms with van der Waals surface area (Å²) in [6.45, 7) is 0.554. The molecule has 2 aromatic carbocycles. The van der Waals surface area contributed by atoms with E-state index in [-0.39, 0.29) is 18.1 Å². The molecule has 0 aliphatic carbocycles.